The number of hydrogen-bond acceptors (Lipinski definition) is 5. The van der Waals surface area contributed by atoms with Crippen molar-refractivity contribution in [2.45, 2.75) is 19.6 Å². The highest BCUT2D eigenvalue weighted by Gasteiger charge is 2.14. The fraction of sp³-hybridized carbons (Fsp3) is 0.333. The van der Waals surface area contributed by atoms with Crippen LogP contribution in [-0.2, 0) is 11.3 Å². The quantitative estimate of drug-likeness (QED) is 0.705. The van der Waals surface area contributed by atoms with Crippen LogP contribution in [0.15, 0.2) is 35.7 Å². The molecule has 0 saturated heterocycles. The molecular formula is C18H20F2N2O4S. The number of methoxy groups -OCH3 is 1. The zero-order valence-electron chi connectivity index (χ0n) is 14.9. The summed E-state index contributed by atoms with van der Waals surface area (Å²) in [6, 6.07) is 8.06. The van der Waals surface area contributed by atoms with E-state index in [1.807, 2.05) is 0 Å². The third kappa shape index (κ3) is 6.21. The van der Waals surface area contributed by atoms with Gasteiger partial charge < -0.3 is 19.7 Å². The molecule has 0 spiro atoms. The van der Waals surface area contributed by atoms with E-state index in [4.69, 9.17) is 4.74 Å². The molecule has 0 unspecified atom stereocenters. The lowest BCUT2D eigenvalue weighted by Gasteiger charge is -2.18. The van der Waals surface area contributed by atoms with Crippen molar-refractivity contribution in [2.24, 2.45) is 0 Å². The maximum absolute atomic E-state index is 12.5. The third-order valence-corrected chi connectivity index (χ3v) is 4.53. The van der Waals surface area contributed by atoms with Gasteiger partial charge in [0.05, 0.1) is 12.0 Å². The van der Waals surface area contributed by atoms with Crippen LogP contribution in [0.5, 0.6) is 11.5 Å². The number of benzene rings is 1. The normalized spacial score (nSPS) is 10.6. The molecule has 0 saturated carbocycles. The lowest BCUT2D eigenvalue weighted by Crippen LogP contribution is -2.31. The van der Waals surface area contributed by atoms with E-state index in [1.165, 1.54) is 35.5 Å². The van der Waals surface area contributed by atoms with Gasteiger partial charge in [-0.15, -0.1) is 11.3 Å². The number of amides is 2. The molecule has 0 fully saturated rings. The average Bonchev–Trinajstić information content (AvgIpc) is 3.16. The van der Waals surface area contributed by atoms with Crippen molar-refractivity contribution < 1.29 is 27.8 Å². The molecule has 0 bridgehead atoms. The first kappa shape index (κ1) is 20.6. The van der Waals surface area contributed by atoms with Crippen molar-refractivity contribution in [1.82, 2.24) is 10.2 Å². The second-order valence-corrected chi connectivity index (χ2v) is 6.54. The second kappa shape index (κ2) is 9.86. The Kier molecular flexibility index (Phi) is 7.54. The fourth-order valence-electron chi connectivity index (χ4n) is 2.34. The van der Waals surface area contributed by atoms with Gasteiger partial charge in [-0.25, -0.2) is 0 Å². The van der Waals surface area contributed by atoms with Crippen LogP contribution in [0.3, 0.4) is 0 Å². The van der Waals surface area contributed by atoms with Crippen LogP contribution in [0.2, 0.25) is 0 Å². The molecule has 2 rings (SSSR count). The number of thiophene rings is 1. The summed E-state index contributed by atoms with van der Waals surface area (Å²) < 4.78 is 34.4. The summed E-state index contributed by atoms with van der Waals surface area (Å²) in [6.45, 7) is -2.55. The predicted octanol–water partition coefficient (Wildman–Crippen LogP) is 3.14. The van der Waals surface area contributed by atoms with Gasteiger partial charge in [-0.1, -0.05) is 12.1 Å². The smallest absolute Gasteiger partial charge is 0.387 e. The van der Waals surface area contributed by atoms with Crippen LogP contribution in [0.1, 0.15) is 21.7 Å². The standard InChI is InChI=1S/C18H20F2N2O4S/c1-22(16(23)7-8-21-17(24)15-4-3-9-27-15)11-12-5-6-13(25-2)14(10-12)26-18(19)20/h3-6,9-10,18H,7-8,11H2,1-2H3,(H,21,24). The molecule has 0 radical (unpaired) electrons. The van der Waals surface area contributed by atoms with Crippen LogP contribution in [0.25, 0.3) is 0 Å². The molecule has 0 atom stereocenters. The summed E-state index contributed by atoms with van der Waals surface area (Å²) in [5, 5.41) is 4.48. The van der Waals surface area contributed by atoms with E-state index in [-0.39, 0.29) is 42.8 Å². The topological polar surface area (TPSA) is 67.9 Å². The maximum atomic E-state index is 12.5. The number of ether oxygens (including phenoxy) is 2. The Hall–Kier alpha value is -2.68. The summed E-state index contributed by atoms with van der Waals surface area (Å²) >= 11 is 1.32. The van der Waals surface area contributed by atoms with Gasteiger partial charge in [0, 0.05) is 26.6 Å². The molecule has 0 aliphatic carbocycles. The zero-order chi connectivity index (χ0) is 19.8. The van der Waals surface area contributed by atoms with Crippen LogP contribution in [0.4, 0.5) is 8.78 Å². The molecule has 0 aliphatic heterocycles. The van der Waals surface area contributed by atoms with E-state index < -0.39 is 6.61 Å². The molecule has 27 heavy (non-hydrogen) atoms. The van der Waals surface area contributed by atoms with Crippen molar-refractivity contribution in [1.29, 1.82) is 0 Å². The van der Waals surface area contributed by atoms with E-state index in [9.17, 15) is 18.4 Å². The monoisotopic (exact) mass is 398 g/mol. The zero-order valence-corrected chi connectivity index (χ0v) is 15.7. The Bertz CT molecular complexity index is 769. The number of alkyl halides is 2. The number of hydrogen-bond donors (Lipinski definition) is 1. The first-order valence-corrected chi connectivity index (χ1v) is 8.96. The van der Waals surface area contributed by atoms with Gasteiger partial charge in [0.15, 0.2) is 11.5 Å². The summed E-state index contributed by atoms with van der Waals surface area (Å²) in [5.41, 5.74) is 0.616. The van der Waals surface area contributed by atoms with E-state index in [0.717, 1.165) is 0 Å². The lowest BCUT2D eigenvalue weighted by molar-refractivity contribution is -0.130. The highest BCUT2D eigenvalue weighted by Crippen LogP contribution is 2.29. The molecule has 1 aromatic carbocycles. The molecule has 2 amide bonds. The molecule has 1 aromatic heterocycles. The van der Waals surface area contributed by atoms with E-state index in [1.54, 1.807) is 30.6 Å². The molecule has 2 aromatic rings. The number of nitrogens with one attached hydrogen (secondary N) is 1. The predicted molar refractivity (Wildman–Crippen MR) is 97.4 cm³/mol. The fourth-order valence-corrected chi connectivity index (χ4v) is 2.98. The Morgan fingerprint density at radius 3 is 2.67 bits per heavy atom. The van der Waals surface area contributed by atoms with E-state index in [0.29, 0.717) is 10.4 Å². The molecule has 6 nitrogen and oxygen atoms in total. The van der Waals surface area contributed by atoms with Crippen molar-refractivity contribution in [3.05, 3.63) is 46.2 Å². The first-order chi connectivity index (χ1) is 12.9. The molecular weight excluding hydrogens is 378 g/mol. The van der Waals surface area contributed by atoms with Crippen LogP contribution in [0, 0.1) is 0 Å². The Labute approximate surface area is 159 Å². The number of halogens is 2. The highest BCUT2D eigenvalue weighted by atomic mass is 32.1. The maximum Gasteiger partial charge on any atom is 0.387 e. The largest absolute Gasteiger partial charge is 0.493 e. The molecule has 1 N–H and O–H groups in total. The number of rotatable bonds is 9. The molecule has 1 heterocycles. The van der Waals surface area contributed by atoms with Crippen LogP contribution < -0.4 is 14.8 Å². The minimum Gasteiger partial charge on any atom is -0.493 e. The Balaban J connectivity index is 1.87. The minimum atomic E-state index is -2.97. The van der Waals surface area contributed by atoms with Gasteiger partial charge in [-0.2, -0.15) is 8.78 Å². The van der Waals surface area contributed by atoms with Crippen molar-refractivity contribution in [3.63, 3.8) is 0 Å². The van der Waals surface area contributed by atoms with Gasteiger partial charge >= 0.3 is 6.61 Å². The van der Waals surface area contributed by atoms with Gasteiger partial charge in [-0.3, -0.25) is 9.59 Å². The Morgan fingerprint density at radius 1 is 1.26 bits per heavy atom. The minimum absolute atomic E-state index is 0.0888. The molecule has 9 heteroatoms. The van der Waals surface area contributed by atoms with Crippen molar-refractivity contribution >= 4 is 23.2 Å². The van der Waals surface area contributed by atoms with Crippen molar-refractivity contribution in [3.8, 4) is 11.5 Å². The van der Waals surface area contributed by atoms with Crippen LogP contribution in [-0.4, -0.2) is 44.0 Å². The van der Waals surface area contributed by atoms with Gasteiger partial charge in [-0.05, 0) is 29.1 Å². The van der Waals surface area contributed by atoms with Crippen molar-refractivity contribution in [2.75, 3.05) is 20.7 Å². The molecule has 0 aliphatic rings. The van der Waals surface area contributed by atoms with Gasteiger partial charge in [0.1, 0.15) is 0 Å². The summed E-state index contributed by atoms with van der Waals surface area (Å²) in [5.74, 6) is -0.309. The Morgan fingerprint density at radius 2 is 2.04 bits per heavy atom. The van der Waals surface area contributed by atoms with Crippen LogP contribution >= 0.6 is 11.3 Å². The number of carbonyl (C=O) groups excluding carboxylic acids is 2. The average molecular weight is 398 g/mol. The van der Waals surface area contributed by atoms with E-state index in [2.05, 4.69) is 10.1 Å². The van der Waals surface area contributed by atoms with Gasteiger partial charge in [0.25, 0.3) is 5.91 Å². The summed E-state index contributed by atoms with van der Waals surface area (Å²) in [7, 11) is 2.95. The highest BCUT2D eigenvalue weighted by molar-refractivity contribution is 7.12. The van der Waals surface area contributed by atoms with E-state index >= 15 is 0 Å². The first-order valence-electron chi connectivity index (χ1n) is 8.08. The summed E-state index contributed by atoms with van der Waals surface area (Å²) in [4.78, 5) is 26.1. The number of carbonyl (C=O) groups is 2. The summed E-state index contributed by atoms with van der Waals surface area (Å²) in [6.07, 6.45) is 0.129. The second-order valence-electron chi connectivity index (χ2n) is 5.60. The SMILES string of the molecule is COc1ccc(CN(C)C(=O)CCNC(=O)c2cccs2)cc1OC(F)F. The van der Waals surface area contributed by atoms with Gasteiger partial charge in [0.2, 0.25) is 5.91 Å². The third-order valence-electron chi connectivity index (χ3n) is 3.66. The molecule has 146 valence electrons. The lowest BCUT2D eigenvalue weighted by atomic mass is 10.2. The number of nitrogens with zero attached hydrogens (tertiary/aromatic N) is 1.